The Morgan fingerprint density at radius 1 is 1.02 bits per heavy atom. The molecular weight excluding hydrogens is 741 g/mol. The van der Waals surface area contributed by atoms with Gasteiger partial charge in [0, 0.05) is 43.9 Å². The fourth-order valence-corrected chi connectivity index (χ4v) is 7.19. The highest BCUT2D eigenvalue weighted by Gasteiger charge is 2.43. The molecule has 4 heterocycles. The highest BCUT2D eigenvalue weighted by molar-refractivity contribution is 6.30. The van der Waals surface area contributed by atoms with Gasteiger partial charge in [-0.15, -0.1) is 0 Å². The van der Waals surface area contributed by atoms with E-state index in [0.717, 1.165) is 5.56 Å². The fourth-order valence-electron chi connectivity index (χ4n) is 7.08. The van der Waals surface area contributed by atoms with Gasteiger partial charge in [-0.05, 0) is 50.5 Å². The normalized spacial score (nSPS) is 20.5. The molecule has 0 radical (unpaired) electrons. The highest BCUT2D eigenvalue weighted by atomic mass is 35.5. The zero-order valence-corrected chi connectivity index (χ0v) is 31.1. The van der Waals surface area contributed by atoms with E-state index in [0.29, 0.717) is 40.2 Å². The monoisotopic (exact) mass is 784 g/mol. The smallest absolute Gasteiger partial charge is 0.405 e. The van der Waals surface area contributed by atoms with E-state index < -0.39 is 60.3 Å². The van der Waals surface area contributed by atoms with E-state index in [-0.39, 0.29) is 39.1 Å². The molecule has 0 unspecified atom stereocenters. The number of oxazole rings is 1. The molecule has 0 saturated carbocycles. The number of aliphatic hydroxyl groups excluding tert-OH is 2. The predicted octanol–water partition coefficient (Wildman–Crippen LogP) is 4.51. The van der Waals surface area contributed by atoms with Crippen LogP contribution in [0.4, 0.5) is 13.2 Å². The van der Waals surface area contributed by atoms with E-state index in [1.54, 1.807) is 41.3 Å². The lowest BCUT2D eigenvalue weighted by Crippen LogP contribution is -2.63. The SMILES string of the molecule is CC(C)(c1ncc(-c2ccc(Cl)cn2)o1)N1CCN(C[C@@H](O)C[C@H](Cc2ccccc2)C(=O)N[C@H]2c3ccccc3OC[C@H]2O)[C@H](C(=O)NCC(F)(F)F)C1. The number of aromatic nitrogens is 2. The molecule has 4 N–H and O–H groups in total. The van der Waals surface area contributed by atoms with E-state index in [4.69, 9.17) is 20.8 Å². The van der Waals surface area contributed by atoms with Crippen LogP contribution < -0.4 is 15.4 Å². The Bertz CT molecular complexity index is 1910. The minimum Gasteiger partial charge on any atom is -0.490 e. The molecule has 16 heteroatoms. The van der Waals surface area contributed by atoms with E-state index in [9.17, 15) is 33.0 Å². The highest BCUT2D eigenvalue weighted by Crippen LogP contribution is 2.34. The predicted molar refractivity (Wildman–Crippen MR) is 197 cm³/mol. The van der Waals surface area contributed by atoms with Crippen LogP contribution in [0.2, 0.25) is 5.02 Å². The van der Waals surface area contributed by atoms with Gasteiger partial charge in [0.05, 0.1) is 28.9 Å². The summed E-state index contributed by atoms with van der Waals surface area (Å²) < 4.78 is 51.4. The third kappa shape index (κ3) is 10.0. The molecule has 1 fully saturated rings. The number of nitrogens with zero attached hydrogens (tertiary/aromatic N) is 4. The number of amides is 2. The second-order valence-corrected chi connectivity index (χ2v) is 14.9. The first kappa shape index (κ1) is 40.1. The lowest BCUT2D eigenvalue weighted by Gasteiger charge is -2.46. The first-order valence-electron chi connectivity index (χ1n) is 18.0. The largest absolute Gasteiger partial charge is 0.490 e. The zero-order valence-electron chi connectivity index (χ0n) is 30.4. The number of piperazine rings is 1. The number of carbonyl (C=O) groups is 2. The number of hydrogen-bond donors (Lipinski definition) is 4. The molecule has 55 heavy (non-hydrogen) atoms. The van der Waals surface area contributed by atoms with Crippen molar-refractivity contribution in [3.63, 3.8) is 0 Å². The number of hydrogen-bond acceptors (Lipinski definition) is 10. The standard InChI is InChI=1S/C39H44ClF3N6O6/c1-38(2,37-45-19-33(55-37)29-13-12-26(40)18-44-29)49-15-14-48(30(21-49)36(53)46-23-39(41,42)43)20-27(50)17-25(16-24-8-4-3-5-9-24)35(52)47-34-28-10-6-7-11-32(28)54-22-31(34)51/h3-13,18-19,25,27,30-31,34,50-51H,14-17,20-23H2,1-2H3,(H,46,53)(H,47,52)/t25-,27-,30-,31+,34-/m0/s1. The number of β-amino-alcohol motifs (C(OH)–C–C–N with tert-alkyl or cyclic N) is 1. The average Bonchev–Trinajstić information content (AvgIpc) is 3.67. The summed E-state index contributed by atoms with van der Waals surface area (Å²) in [5.41, 5.74) is 1.09. The topological polar surface area (TPSA) is 153 Å². The molecule has 294 valence electrons. The van der Waals surface area contributed by atoms with Gasteiger partial charge < -0.3 is 30.0 Å². The van der Waals surface area contributed by atoms with E-state index >= 15 is 0 Å². The van der Waals surface area contributed by atoms with Gasteiger partial charge in [0.1, 0.15) is 36.7 Å². The van der Waals surface area contributed by atoms with Crippen molar-refractivity contribution in [2.24, 2.45) is 5.92 Å². The average molecular weight is 785 g/mol. The van der Waals surface area contributed by atoms with E-state index in [2.05, 4.69) is 15.3 Å². The molecule has 2 aromatic heterocycles. The van der Waals surface area contributed by atoms with Crippen molar-refractivity contribution in [3.05, 3.63) is 101 Å². The van der Waals surface area contributed by atoms with Crippen LogP contribution in [0.1, 0.15) is 43.3 Å². The number of halogens is 4. The fraction of sp³-hybridized carbons (Fsp3) is 0.436. The van der Waals surface area contributed by atoms with Crippen molar-refractivity contribution in [1.82, 2.24) is 30.4 Å². The van der Waals surface area contributed by atoms with Crippen LogP contribution >= 0.6 is 11.6 Å². The molecule has 0 spiro atoms. The molecule has 2 aliphatic heterocycles. The lowest BCUT2D eigenvalue weighted by molar-refractivity contribution is -0.144. The Balaban J connectivity index is 1.18. The Kier molecular flexibility index (Phi) is 12.5. The van der Waals surface area contributed by atoms with Crippen molar-refractivity contribution in [2.75, 3.05) is 39.3 Å². The van der Waals surface area contributed by atoms with Gasteiger partial charge >= 0.3 is 6.18 Å². The third-order valence-corrected chi connectivity index (χ3v) is 10.3. The van der Waals surface area contributed by atoms with Crippen molar-refractivity contribution in [1.29, 1.82) is 0 Å². The summed E-state index contributed by atoms with van der Waals surface area (Å²) in [6.45, 7) is 2.62. The summed E-state index contributed by atoms with van der Waals surface area (Å²) in [7, 11) is 0. The molecule has 6 rings (SSSR count). The lowest BCUT2D eigenvalue weighted by atomic mass is 9.90. The van der Waals surface area contributed by atoms with E-state index in [1.165, 1.54) is 12.4 Å². The third-order valence-electron chi connectivity index (χ3n) is 10.1. The van der Waals surface area contributed by atoms with E-state index in [1.807, 2.05) is 54.4 Å². The van der Waals surface area contributed by atoms with Crippen LogP contribution in [0.5, 0.6) is 5.75 Å². The number of para-hydroxylation sites is 1. The summed E-state index contributed by atoms with van der Waals surface area (Å²) in [4.78, 5) is 39.7. The number of nitrogens with one attached hydrogen (secondary N) is 2. The molecule has 4 aromatic rings. The summed E-state index contributed by atoms with van der Waals surface area (Å²) in [5.74, 6) is -0.744. The maximum absolute atomic E-state index is 14.0. The number of aliphatic hydroxyl groups is 2. The van der Waals surface area contributed by atoms with Crippen LogP contribution in [-0.2, 0) is 21.5 Å². The summed E-state index contributed by atoms with van der Waals surface area (Å²) in [6, 6.07) is 17.9. The molecule has 0 bridgehead atoms. The molecular formula is C39H44ClF3N6O6. The number of alkyl halides is 3. The van der Waals surface area contributed by atoms with Gasteiger partial charge in [0.2, 0.25) is 17.7 Å². The van der Waals surface area contributed by atoms with Crippen LogP contribution in [0.3, 0.4) is 0 Å². The van der Waals surface area contributed by atoms with Crippen molar-refractivity contribution < 1.29 is 42.1 Å². The van der Waals surface area contributed by atoms with Crippen molar-refractivity contribution in [3.8, 4) is 17.2 Å². The second-order valence-electron chi connectivity index (χ2n) is 14.4. The molecule has 2 amide bonds. The molecule has 2 aromatic carbocycles. The van der Waals surface area contributed by atoms with Crippen molar-refractivity contribution >= 4 is 23.4 Å². The number of rotatable bonds is 13. The van der Waals surface area contributed by atoms with Crippen LogP contribution in [-0.4, -0.2) is 106 Å². The minimum absolute atomic E-state index is 0.00467. The first-order valence-corrected chi connectivity index (χ1v) is 18.4. The maximum Gasteiger partial charge on any atom is 0.405 e. The quantitative estimate of drug-likeness (QED) is 0.152. The zero-order chi connectivity index (χ0) is 39.3. The molecule has 2 aliphatic rings. The Morgan fingerprint density at radius 3 is 2.49 bits per heavy atom. The summed E-state index contributed by atoms with van der Waals surface area (Å²) in [6.07, 6.45) is -3.53. The van der Waals surface area contributed by atoms with Gasteiger partial charge in [-0.3, -0.25) is 24.4 Å². The van der Waals surface area contributed by atoms with Gasteiger partial charge in [0.25, 0.3) is 0 Å². The minimum atomic E-state index is -4.63. The number of pyridine rings is 1. The van der Waals surface area contributed by atoms with Gasteiger partial charge in [0.15, 0.2) is 5.76 Å². The Morgan fingerprint density at radius 2 is 1.76 bits per heavy atom. The molecule has 5 atom stereocenters. The summed E-state index contributed by atoms with van der Waals surface area (Å²) in [5, 5.41) is 27.8. The first-order chi connectivity index (χ1) is 26.2. The number of fused-ring (bicyclic) bond motifs is 1. The molecule has 1 saturated heterocycles. The Hall–Kier alpha value is -4.54. The van der Waals surface area contributed by atoms with Gasteiger partial charge in [-0.25, -0.2) is 4.98 Å². The number of ether oxygens (including phenoxy) is 1. The van der Waals surface area contributed by atoms with Gasteiger partial charge in [-0.2, -0.15) is 13.2 Å². The van der Waals surface area contributed by atoms with Crippen molar-refractivity contribution in [2.45, 2.75) is 62.7 Å². The second kappa shape index (κ2) is 17.1. The van der Waals surface area contributed by atoms with Crippen LogP contribution in [0, 0.1) is 5.92 Å². The molecule has 12 nitrogen and oxygen atoms in total. The number of carbonyl (C=O) groups excluding carboxylic acids is 2. The molecule has 0 aliphatic carbocycles. The van der Waals surface area contributed by atoms with Gasteiger partial charge in [-0.1, -0.05) is 60.1 Å². The van der Waals surface area contributed by atoms with Crippen LogP contribution in [0.25, 0.3) is 11.5 Å². The number of benzene rings is 2. The summed E-state index contributed by atoms with van der Waals surface area (Å²) >= 11 is 5.98. The van der Waals surface area contributed by atoms with Crippen LogP contribution in [0.15, 0.2) is 83.5 Å². The maximum atomic E-state index is 14.0. The Labute approximate surface area is 321 Å².